The van der Waals surface area contributed by atoms with Gasteiger partial charge in [-0.15, -0.1) is 0 Å². The van der Waals surface area contributed by atoms with E-state index in [0.29, 0.717) is 17.5 Å². The van der Waals surface area contributed by atoms with Crippen molar-refractivity contribution in [2.24, 2.45) is 0 Å². The molecule has 1 aliphatic carbocycles. The van der Waals surface area contributed by atoms with Crippen molar-refractivity contribution in [2.75, 3.05) is 0 Å². The molecule has 230 valence electrons. The van der Waals surface area contributed by atoms with Crippen LogP contribution in [0, 0.1) is 13.8 Å². The predicted octanol–water partition coefficient (Wildman–Crippen LogP) is 10.2. The van der Waals surface area contributed by atoms with Crippen LogP contribution in [0.1, 0.15) is 28.9 Å². The normalized spacial score (nSPS) is 12.1. The van der Waals surface area contributed by atoms with Gasteiger partial charge in [0.1, 0.15) is 0 Å². The number of nitrogens with zero attached hydrogens (tertiary/aromatic N) is 5. The largest absolute Gasteiger partial charge is 0.233 e. The first-order valence-electron chi connectivity index (χ1n) is 16.3. The first-order chi connectivity index (χ1) is 23.6. The third-order valence-electron chi connectivity index (χ3n) is 8.70. The van der Waals surface area contributed by atoms with Gasteiger partial charge < -0.3 is 0 Å². The molecule has 0 bridgehead atoms. The summed E-state index contributed by atoms with van der Waals surface area (Å²) in [6.45, 7) is 4.02. The fourth-order valence-electron chi connectivity index (χ4n) is 6.43. The maximum absolute atomic E-state index is 5.08. The Balaban J connectivity index is 1.35. The third kappa shape index (κ3) is 5.94. The van der Waals surface area contributed by atoms with E-state index in [-0.39, 0.29) is 0 Å². The predicted molar refractivity (Wildman–Crippen MR) is 195 cm³/mol. The van der Waals surface area contributed by atoms with Crippen LogP contribution in [-0.2, 0) is 6.42 Å². The summed E-state index contributed by atoms with van der Waals surface area (Å²) in [5.74, 6) is 2.63. The van der Waals surface area contributed by atoms with E-state index in [0.717, 1.165) is 69.0 Å². The van der Waals surface area contributed by atoms with Crippen LogP contribution in [0.5, 0.6) is 0 Å². The second-order valence-electron chi connectivity index (χ2n) is 12.2. The summed E-state index contributed by atoms with van der Waals surface area (Å²) in [6.07, 6.45) is 6.64. The van der Waals surface area contributed by atoms with E-state index in [9.17, 15) is 0 Å². The zero-order valence-corrected chi connectivity index (χ0v) is 26.9. The Kier molecular flexibility index (Phi) is 7.71. The molecule has 0 saturated carbocycles. The lowest BCUT2D eigenvalue weighted by atomic mass is 9.88. The van der Waals surface area contributed by atoms with E-state index in [2.05, 4.69) is 72.8 Å². The molecule has 5 heteroatoms. The Bertz CT molecular complexity index is 2230. The van der Waals surface area contributed by atoms with Crippen molar-refractivity contribution in [3.63, 3.8) is 0 Å². The van der Waals surface area contributed by atoms with E-state index >= 15 is 0 Å². The van der Waals surface area contributed by atoms with Crippen molar-refractivity contribution in [1.82, 2.24) is 24.9 Å². The molecule has 8 rings (SSSR count). The molecule has 0 unspecified atom stereocenters. The monoisotopic (exact) mass is 619 g/mol. The van der Waals surface area contributed by atoms with Crippen molar-refractivity contribution < 1.29 is 0 Å². The highest BCUT2D eigenvalue weighted by atomic mass is 15.0. The van der Waals surface area contributed by atoms with Gasteiger partial charge in [-0.25, -0.2) is 24.9 Å². The van der Waals surface area contributed by atoms with Gasteiger partial charge in [-0.1, -0.05) is 109 Å². The van der Waals surface area contributed by atoms with Crippen LogP contribution in [0.4, 0.5) is 0 Å². The van der Waals surface area contributed by atoms with Crippen LogP contribution in [0.2, 0.25) is 0 Å². The first-order valence-corrected chi connectivity index (χ1v) is 16.3. The molecule has 0 saturated heterocycles. The van der Waals surface area contributed by atoms with Gasteiger partial charge >= 0.3 is 0 Å². The minimum Gasteiger partial charge on any atom is -0.233 e. The highest BCUT2D eigenvalue weighted by Crippen LogP contribution is 2.37. The van der Waals surface area contributed by atoms with Crippen molar-refractivity contribution >= 4 is 6.08 Å². The number of allylic oxidation sites excluding steroid dienone is 1. The van der Waals surface area contributed by atoms with Gasteiger partial charge in [0.05, 0.1) is 0 Å². The van der Waals surface area contributed by atoms with Gasteiger partial charge in [-0.2, -0.15) is 0 Å². The number of aromatic nitrogens is 5. The molecule has 48 heavy (non-hydrogen) atoms. The first kappa shape index (κ1) is 29.3. The van der Waals surface area contributed by atoms with Crippen LogP contribution in [0.25, 0.3) is 73.9 Å². The standard InChI is InChI=1S/C43H33N5/c1-28-23-29(2)45-42(44-28)34-20-11-19-33(24-34)35-25-36(39-22-12-18-30-13-9-10-21-38(30)39)27-37(26-35)43-47-40(31-14-5-3-6-15-31)46-41(48-43)32-16-7-4-8-17-32/h3-8,10-12,14-27H,9,13H2,1-2H3. The summed E-state index contributed by atoms with van der Waals surface area (Å²) in [7, 11) is 0. The average Bonchev–Trinajstić information content (AvgIpc) is 3.14. The van der Waals surface area contributed by atoms with Crippen molar-refractivity contribution in [3.05, 3.63) is 156 Å². The molecule has 0 N–H and O–H groups in total. The van der Waals surface area contributed by atoms with E-state index in [1.54, 1.807) is 0 Å². The van der Waals surface area contributed by atoms with Crippen LogP contribution in [0.3, 0.4) is 0 Å². The summed E-state index contributed by atoms with van der Waals surface area (Å²) in [5, 5.41) is 0. The molecule has 0 fully saturated rings. The molecular weight excluding hydrogens is 587 g/mol. The zero-order valence-electron chi connectivity index (χ0n) is 26.9. The van der Waals surface area contributed by atoms with Gasteiger partial charge in [0.2, 0.25) is 0 Å². The van der Waals surface area contributed by atoms with Gasteiger partial charge in [0.25, 0.3) is 0 Å². The molecule has 5 aromatic carbocycles. The zero-order chi connectivity index (χ0) is 32.5. The fourth-order valence-corrected chi connectivity index (χ4v) is 6.43. The van der Waals surface area contributed by atoms with Crippen molar-refractivity contribution in [1.29, 1.82) is 0 Å². The Morgan fingerprint density at radius 2 is 0.938 bits per heavy atom. The molecule has 2 heterocycles. The highest BCUT2D eigenvalue weighted by molar-refractivity contribution is 5.85. The fraction of sp³-hybridized carbons (Fsp3) is 0.0930. The molecule has 5 nitrogen and oxygen atoms in total. The van der Waals surface area contributed by atoms with E-state index in [1.807, 2.05) is 80.6 Å². The minimum atomic E-state index is 0.625. The average molecular weight is 620 g/mol. The topological polar surface area (TPSA) is 64.5 Å². The lowest BCUT2D eigenvalue weighted by molar-refractivity contribution is 0.986. The Morgan fingerprint density at radius 3 is 1.62 bits per heavy atom. The minimum absolute atomic E-state index is 0.625. The summed E-state index contributed by atoms with van der Waals surface area (Å²) in [4.78, 5) is 24.6. The van der Waals surface area contributed by atoms with Crippen LogP contribution >= 0.6 is 0 Å². The smallest absolute Gasteiger partial charge is 0.164 e. The molecule has 0 aliphatic heterocycles. The number of benzene rings is 5. The summed E-state index contributed by atoms with van der Waals surface area (Å²) >= 11 is 0. The molecule has 1 aliphatic rings. The molecule has 0 spiro atoms. The Hall–Kier alpha value is -6.07. The number of hydrogen-bond donors (Lipinski definition) is 0. The van der Waals surface area contributed by atoms with Crippen molar-refractivity contribution in [2.45, 2.75) is 26.7 Å². The second-order valence-corrected chi connectivity index (χ2v) is 12.2. The summed E-state index contributed by atoms with van der Waals surface area (Å²) in [5.41, 5.74) is 12.8. The Labute approximate surface area is 280 Å². The SMILES string of the molecule is Cc1cc(C)nc(-c2cccc(-c3cc(-c4nc(-c5ccccc5)nc(-c5ccccc5)n4)cc(-c4cccc5c4C=CCC5)c3)c2)n1. The summed E-state index contributed by atoms with van der Waals surface area (Å²) in [6, 6.07) is 44.0. The number of fused-ring (bicyclic) bond motifs is 1. The van der Waals surface area contributed by atoms with Crippen LogP contribution < -0.4 is 0 Å². The molecule has 0 atom stereocenters. The van der Waals surface area contributed by atoms with Gasteiger partial charge in [0.15, 0.2) is 23.3 Å². The van der Waals surface area contributed by atoms with E-state index in [4.69, 9.17) is 24.9 Å². The van der Waals surface area contributed by atoms with Gasteiger partial charge in [-0.3, -0.25) is 0 Å². The van der Waals surface area contributed by atoms with Crippen LogP contribution in [0.15, 0.2) is 133 Å². The Morgan fingerprint density at radius 1 is 0.417 bits per heavy atom. The number of aryl methyl sites for hydroxylation is 3. The lowest BCUT2D eigenvalue weighted by Gasteiger charge is -2.17. The van der Waals surface area contributed by atoms with E-state index < -0.39 is 0 Å². The van der Waals surface area contributed by atoms with E-state index in [1.165, 1.54) is 16.7 Å². The molecule has 0 radical (unpaired) electrons. The number of rotatable bonds is 6. The maximum Gasteiger partial charge on any atom is 0.164 e. The van der Waals surface area contributed by atoms with Gasteiger partial charge in [0, 0.05) is 33.6 Å². The summed E-state index contributed by atoms with van der Waals surface area (Å²) < 4.78 is 0. The highest BCUT2D eigenvalue weighted by Gasteiger charge is 2.17. The van der Waals surface area contributed by atoms with Gasteiger partial charge in [-0.05, 0) is 90.4 Å². The number of hydrogen-bond acceptors (Lipinski definition) is 5. The third-order valence-corrected chi connectivity index (χ3v) is 8.70. The maximum atomic E-state index is 5.08. The molecule has 2 aromatic heterocycles. The second kappa shape index (κ2) is 12.6. The molecule has 0 amide bonds. The lowest BCUT2D eigenvalue weighted by Crippen LogP contribution is -2.01. The molecule has 7 aromatic rings. The van der Waals surface area contributed by atoms with Crippen LogP contribution in [-0.4, -0.2) is 24.9 Å². The molecular formula is C43H33N5. The quantitative estimate of drug-likeness (QED) is 0.185. The van der Waals surface area contributed by atoms with Crippen molar-refractivity contribution in [3.8, 4) is 67.8 Å².